The fraction of sp³-hybridized carbons (Fsp3) is 0.118. The van der Waals surface area contributed by atoms with Gasteiger partial charge in [0.15, 0.2) is 0 Å². The summed E-state index contributed by atoms with van der Waals surface area (Å²) in [5, 5.41) is 2.90. The lowest BCUT2D eigenvalue weighted by Gasteiger charge is -2.22. The van der Waals surface area contributed by atoms with Crippen LogP contribution in [0.5, 0.6) is 0 Å². The fourth-order valence-electron chi connectivity index (χ4n) is 2.79. The molecule has 0 unspecified atom stereocenters. The zero-order valence-corrected chi connectivity index (χ0v) is 15.5. The third-order valence-corrected chi connectivity index (χ3v) is 5.38. The van der Waals surface area contributed by atoms with Crippen molar-refractivity contribution in [3.05, 3.63) is 68.9 Å². The molecule has 0 radical (unpaired) electrons. The number of pyridine rings is 1. The molecule has 0 spiro atoms. The van der Waals surface area contributed by atoms with Crippen LogP contribution in [0.4, 0.5) is 5.69 Å². The second-order valence-electron chi connectivity index (χ2n) is 5.32. The number of halogens is 2. The molecule has 0 N–H and O–H groups in total. The van der Waals surface area contributed by atoms with E-state index in [2.05, 4.69) is 59.9 Å². The molecule has 23 heavy (non-hydrogen) atoms. The summed E-state index contributed by atoms with van der Waals surface area (Å²) in [5.74, 6) is 0.893. The highest BCUT2D eigenvalue weighted by Crippen LogP contribution is 2.37. The topological polar surface area (TPSA) is 20.5 Å². The summed E-state index contributed by atoms with van der Waals surface area (Å²) in [6, 6.07) is 12.2. The Kier molecular flexibility index (Phi) is 3.87. The number of thioether (sulfide) groups is 1. The van der Waals surface area contributed by atoms with Crippen molar-refractivity contribution in [1.82, 2.24) is 9.38 Å². The zero-order chi connectivity index (χ0) is 16.0. The van der Waals surface area contributed by atoms with Gasteiger partial charge in [0.05, 0.1) is 28.0 Å². The monoisotopic (exact) mass is 405 g/mol. The zero-order valence-electron chi connectivity index (χ0n) is 12.3. The predicted octanol–water partition coefficient (Wildman–Crippen LogP) is 5.57. The van der Waals surface area contributed by atoms with E-state index in [1.165, 1.54) is 5.69 Å². The second-order valence-corrected chi connectivity index (χ2v) is 7.50. The maximum absolute atomic E-state index is 6.19. The summed E-state index contributed by atoms with van der Waals surface area (Å²) in [6.45, 7) is 2.04. The molecule has 2 aromatic heterocycles. The van der Waals surface area contributed by atoms with E-state index in [1.807, 2.05) is 25.3 Å². The van der Waals surface area contributed by atoms with Gasteiger partial charge in [-0.3, -0.25) is 4.40 Å². The van der Waals surface area contributed by atoms with Crippen molar-refractivity contribution >= 4 is 56.3 Å². The van der Waals surface area contributed by atoms with E-state index >= 15 is 0 Å². The van der Waals surface area contributed by atoms with Crippen LogP contribution < -0.4 is 4.90 Å². The molecule has 4 rings (SSSR count). The van der Waals surface area contributed by atoms with Crippen LogP contribution in [0, 0.1) is 6.92 Å². The number of nitrogens with zero attached hydrogens (tertiary/aromatic N) is 3. The fourth-order valence-corrected chi connectivity index (χ4v) is 4.12. The number of fused-ring (bicyclic) bond motifs is 1. The lowest BCUT2D eigenvalue weighted by Crippen LogP contribution is -2.18. The molecule has 3 nitrogen and oxygen atoms in total. The molecule has 1 aliphatic rings. The average molecular weight is 407 g/mol. The van der Waals surface area contributed by atoms with Crippen LogP contribution in [0.25, 0.3) is 11.3 Å². The Morgan fingerprint density at radius 3 is 2.74 bits per heavy atom. The van der Waals surface area contributed by atoms with Crippen LogP contribution in [0.3, 0.4) is 0 Å². The molecule has 1 aromatic carbocycles. The standard InChI is InChI=1S/C17H13BrClN3S/c1-11-17(21-8-13(19)4-7-16(21)20-11)15-9-23-10-22(15)14-5-2-12(18)3-6-14/h2-9H,10H2,1H3. The van der Waals surface area contributed by atoms with E-state index < -0.39 is 0 Å². The van der Waals surface area contributed by atoms with Crippen LogP contribution in [0.2, 0.25) is 5.02 Å². The van der Waals surface area contributed by atoms with Crippen molar-refractivity contribution in [2.24, 2.45) is 0 Å². The van der Waals surface area contributed by atoms with Gasteiger partial charge in [0.1, 0.15) is 5.65 Å². The summed E-state index contributed by atoms with van der Waals surface area (Å²) in [7, 11) is 0. The Bertz CT molecular complexity index is 917. The average Bonchev–Trinajstić information content (AvgIpc) is 3.11. The van der Waals surface area contributed by atoms with E-state index in [0.717, 1.165) is 33.1 Å². The molecular weight excluding hydrogens is 394 g/mol. The lowest BCUT2D eigenvalue weighted by atomic mass is 10.2. The summed E-state index contributed by atoms with van der Waals surface area (Å²) in [5.41, 5.74) is 5.33. The normalized spacial score (nSPS) is 14.6. The lowest BCUT2D eigenvalue weighted by molar-refractivity contribution is 1.10. The Labute approximate surface area is 152 Å². The van der Waals surface area contributed by atoms with Crippen LogP contribution in [-0.4, -0.2) is 15.3 Å². The van der Waals surface area contributed by atoms with E-state index in [0.29, 0.717) is 5.02 Å². The van der Waals surface area contributed by atoms with Gasteiger partial charge in [-0.2, -0.15) is 0 Å². The van der Waals surface area contributed by atoms with Gasteiger partial charge in [-0.05, 0) is 48.7 Å². The van der Waals surface area contributed by atoms with E-state index in [4.69, 9.17) is 11.6 Å². The third-order valence-electron chi connectivity index (χ3n) is 3.83. The molecule has 0 aliphatic carbocycles. The van der Waals surface area contributed by atoms with Crippen molar-refractivity contribution in [2.75, 3.05) is 10.8 Å². The number of imidazole rings is 1. The largest absolute Gasteiger partial charge is 0.329 e. The summed E-state index contributed by atoms with van der Waals surface area (Å²) < 4.78 is 3.15. The summed E-state index contributed by atoms with van der Waals surface area (Å²) in [6.07, 6.45) is 1.93. The highest BCUT2D eigenvalue weighted by atomic mass is 79.9. The Morgan fingerprint density at radius 2 is 1.96 bits per heavy atom. The van der Waals surface area contributed by atoms with E-state index in [9.17, 15) is 0 Å². The van der Waals surface area contributed by atoms with Gasteiger partial charge in [-0.25, -0.2) is 4.98 Å². The molecule has 3 aromatic rings. The number of hydrogen-bond acceptors (Lipinski definition) is 3. The number of anilines is 1. The highest BCUT2D eigenvalue weighted by molar-refractivity contribution is 9.10. The van der Waals surface area contributed by atoms with E-state index in [1.54, 1.807) is 11.8 Å². The maximum atomic E-state index is 6.19. The number of aromatic nitrogens is 2. The second kappa shape index (κ2) is 5.89. The predicted molar refractivity (Wildman–Crippen MR) is 102 cm³/mol. The minimum atomic E-state index is 0.706. The van der Waals surface area contributed by atoms with Gasteiger partial charge < -0.3 is 4.90 Å². The molecule has 116 valence electrons. The summed E-state index contributed by atoms with van der Waals surface area (Å²) in [4.78, 5) is 6.96. The number of hydrogen-bond donors (Lipinski definition) is 0. The minimum absolute atomic E-state index is 0.706. The molecule has 0 saturated carbocycles. The number of benzene rings is 1. The van der Waals surface area contributed by atoms with Gasteiger partial charge in [0, 0.05) is 16.4 Å². The number of aryl methyl sites for hydroxylation is 1. The molecule has 0 saturated heterocycles. The van der Waals surface area contributed by atoms with E-state index in [-0.39, 0.29) is 0 Å². The van der Waals surface area contributed by atoms with Gasteiger partial charge >= 0.3 is 0 Å². The van der Waals surface area contributed by atoms with Gasteiger partial charge in [0.25, 0.3) is 0 Å². The Balaban J connectivity index is 1.84. The molecule has 0 atom stereocenters. The SMILES string of the molecule is Cc1nc2ccc(Cl)cn2c1C1=CSCN1c1ccc(Br)cc1. The van der Waals surface area contributed by atoms with Gasteiger partial charge in [-0.1, -0.05) is 27.5 Å². The Hall–Kier alpha value is -1.43. The number of rotatable bonds is 2. The van der Waals surface area contributed by atoms with Crippen LogP contribution in [0.1, 0.15) is 11.4 Å². The van der Waals surface area contributed by atoms with Crippen molar-refractivity contribution in [2.45, 2.75) is 6.92 Å². The first kappa shape index (κ1) is 15.1. The van der Waals surface area contributed by atoms with Gasteiger partial charge in [0.2, 0.25) is 0 Å². The summed E-state index contributed by atoms with van der Waals surface area (Å²) >= 11 is 11.5. The first-order valence-corrected chi connectivity index (χ1v) is 9.35. The van der Waals surface area contributed by atoms with Crippen LogP contribution in [0.15, 0.2) is 52.5 Å². The van der Waals surface area contributed by atoms with Crippen molar-refractivity contribution < 1.29 is 0 Å². The van der Waals surface area contributed by atoms with Crippen LogP contribution in [-0.2, 0) is 0 Å². The molecular formula is C17H13BrClN3S. The quantitative estimate of drug-likeness (QED) is 0.555. The molecule has 1 aliphatic heterocycles. The van der Waals surface area contributed by atoms with Crippen molar-refractivity contribution in [1.29, 1.82) is 0 Å². The third kappa shape index (κ3) is 2.67. The van der Waals surface area contributed by atoms with Crippen molar-refractivity contribution in [3.63, 3.8) is 0 Å². The van der Waals surface area contributed by atoms with Crippen molar-refractivity contribution in [3.8, 4) is 0 Å². The first-order chi connectivity index (χ1) is 11.1. The molecule has 0 amide bonds. The molecule has 6 heteroatoms. The molecule has 0 fully saturated rings. The smallest absolute Gasteiger partial charge is 0.137 e. The minimum Gasteiger partial charge on any atom is -0.329 e. The highest BCUT2D eigenvalue weighted by Gasteiger charge is 2.24. The first-order valence-electron chi connectivity index (χ1n) is 7.13. The molecule has 0 bridgehead atoms. The Morgan fingerprint density at radius 1 is 1.17 bits per heavy atom. The van der Waals surface area contributed by atoms with Gasteiger partial charge in [-0.15, -0.1) is 11.8 Å². The molecule has 3 heterocycles. The van der Waals surface area contributed by atoms with Crippen LogP contribution >= 0.6 is 39.3 Å². The maximum Gasteiger partial charge on any atom is 0.137 e.